The second kappa shape index (κ2) is 7.90. The number of nitrogens with one attached hydrogen (secondary N) is 1. The Labute approximate surface area is 145 Å². The number of hydrogen-bond donors (Lipinski definition) is 1. The van der Waals surface area contributed by atoms with Gasteiger partial charge in [-0.05, 0) is 52.3 Å². The average molecular weight is 327 g/mol. The fourth-order valence-corrected chi connectivity index (χ4v) is 3.49. The minimum Gasteiger partial charge on any atom is -0.314 e. The molecule has 1 N–H and O–H groups in total. The molecule has 0 spiro atoms. The molecule has 0 amide bonds. The van der Waals surface area contributed by atoms with Gasteiger partial charge in [-0.15, -0.1) is 10.2 Å². The summed E-state index contributed by atoms with van der Waals surface area (Å²) in [6.45, 7) is 9.89. The standard InChI is InChI=1S/C19H29N5/c1-15(2)24-14-20-22-19(24)16(3)21-18-9-11-23(12-10-18)13-17-7-5-4-6-8-17/h4-8,14-16,18,21H,9-13H2,1-3H3/t16-/m1/s1. The lowest BCUT2D eigenvalue weighted by atomic mass is 10.0. The van der Waals surface area contributed by atoms with Gasteiger partial charge in [0.15, 0.2) is 0 Å². The molecule has 0 aliphatic carbocycles. The Morgan fingerprint density at radius 2 is 1.83 bits per heavy atom. The third-order valence-corrected chi connectivity index (χ3v) is 4.87. The number of likely N-dealkylation sites (tertiary alicyclic amines) is 1. The van der Waals surface area contributed by atoms with Gasteiger partial charge in [0, 0.05) is 18.6 Å². The lowest BCUT2D eigenvalue weighted by molar-refractivity contribution is 0.184. The van der Waals surface area contributed by atoms with E-state index in [9.17, 15) is 0 Å². The number of piperidine rings is 1. The SMILES string of the molecule is CC(C)n1cnnc1[C@@H](C)NC1CCN(Cc2ccccc2)CC1. The molecule has 5 nitrogen and oxygen atoms in total. The van der Waals surface area contributed by atoms with Gasteiger partial charge in [-0.1, -0.05) is 30.3 Å². The molecule has 0 saturated carbocycles. The molecule has 2 aromatic rings. The molecule has 1 aliphatic rings. The molecule has 24 heavy (non-hydrogen) atoms. The summed E-state index contributed by atoms with van der Waals surface area (Å²) in [7, 11) is 0. The molecule has 0 bridgehead atoms. The van der Waals surface area contributed by atoms with Gasteiger partial charge in [0.25, 0.3) is 0 Å². The Morgan fingerprint density at radius 3 is 2.50 bits per heavy atom. The summed E-state index contributed by atoms with van der Waals surface area (Å²) in [5.74, 6) is 1.04. The average Bonchev–Trinajstić information content (AvgIpc) is 3.08. The van der Waals surface area contributed by atoms with E-state index >= 15 is 0 Å². The summed E-state index contributed by atoms with van der Waals surface area (Å²) >= 11 is 0. The molecular weight excluding hydrogens is 298 g/mol. The molecule has 130 valence electrons. The van der Waals surface area contributed by atoms with E-state index in [-0.39, 0.29) is 6.04 Å². The fourth-order valence-electron chi connectivity index (χ4n) is 3.49. The van der Waals surface area contributed by atoms with Gasteiger partial charge in [0.05, 0.1) is 6.04 Å². The van der Waals surface area contributed by atoms with Crippen LogP contribution in [-0.2, 0) is 6.54 Å². The highest BCUT2D eigenvalue weighted by atomic mass is 15.3. The highest BCUT2D eigenvalue weighted by Crippen LogP contribution is 2.19. The lowest BCUT2D eigenvalue weighted by Crippen LogP contribution is -2.43. The van der Waals surface area contributed by atoms with E-state index in [1.54, 1.807) is 0 Å². The van der Waals surface area contributed by atoms with E-state index in [0.29, 0.717) is 12.1 Å². The molecule has 5 heteroatoms. The Kier molecular flexibility index (Phi) is 5.63. The topological polar surface area (TPSA) is 46.0 Å². The zero-order valence-electron chi connectivity index (χ0n) is 15.0. The number of benzene rings is 1. The number of hydrogen-bond acceptors (Lipinski definition) is 4. The molecule has 1 fully saturated rings. The van der Waals surface area contributed by atoms with E-state index in [1.165, 1.54) is 18.4 Å². The van der Waals surface area contributed by atoms with Gasteiger partial charge in [-0.25, -0.2) is 0 Å². The normalized spacial score (nSPS) is 18.2. The number of nitrogens with zero attached hydrogens (tertiary/aromatic N) is 4. The lowest BCUT2D eigenvalue weighted by Gasteiger charge is -2.34. The molecule has 1 aromatic carbocycles. The van der Waals surface area contributed by atoms with E-state index in [0.717, 1.165) is 25.5 Å². The zero-order valence-corrected chi connectivity index (χ0v) is 15.0. The van der Waals surface area contributed by atoms with Crippen molar-refractivity contribution in [1.29, 1.82) is 0 Å². The molecule has 1 saturated heterocycles. The molecule has 1 aliphatic heterocycles. The monoisotopic (exact) mass is 327 g/mol. The van der Waals surface area contributed by atoms with Crippen LogP contribution in [0.5, 0.6) is 0 Å². The second-order valence-electron chi connectivity index (χ2n) is 7.11. The second-order valence-corrected chi connectivity index (χ2v) is 7.11. The van der Waals surface area contributed by atoms with Crippen molar-refractivity contribution < 1.29 is 0 Å². The van der Waals surface area contributed by atoms with Gasteiger partial charge in [-0.3, -0.25) is 4.90 Å². The smallest absolute Gasteiger partial charge is 0.149 e. The molecular formula is C19H29N5. The van der Waals surface area contributed by atoms with Gasteiger partial charge in [0.1, 0.15) is 12.2 Å². The summed E-state index contributed by atoms with van der Waals surface area (Å²) in [6.07, 6.45) is 4.21. The van der Waals surface area contributed by atoms with Crippen molar-refractivity contribution in [2.75, 3.05) is 13.1 Å². The first kappa shape index (κ1) is 17.1. The van der Waals surface area contributed by atoms with Crippen LogP contribution in [0.1, 0.15) is 57.1 Å². The quantitative estimate of drug-likeness (QED) is 0.885. The van der Waals surface area contributed by atoms with Gasteiger partial charge >= 0.3 is 0 Å². The minimum absolute atomic E-state index is 0.237. The summed E-state index contributed by atoms with van der Waals surface area (Å²) in [4.78, 5) is 2.55. The van der Waals surface area contributed by atoms with E-state index in [1.807, 2.05) is 6.33 Å². The van der Waals surface area contributed by atoms with Crippen LogP contribution < -0.4 is 5.32 Å². The van der Waals surface area contributed by atoms with Crippen LogP contribution in [0.3, 0.4) is 0 Å². The van der Waals surface area contributed by atoms with Gasteiger partial charge < -0.3 is 9.88 Å². The molecule has 3 rings (SSSR count). The summed E-state index contributed by atoms with van der Waals surface area (Å²) < 4.78 is 2.15. The molecule has 1 aromatic heterocycles. The molecule has 0 unspecified atom stereocenters. The van der Waals surface area contributed by atoms with Crippen molar-refractivity contribution in [2.45, 2.75) is 58.3 Å². The number of rotatable bonds is 6. The maximum Gasteiger partial charge on any atom is 0.149 e. The van der Waals surface area contributed by atoms with E-state index in [4.69, 9.17) is 0 Å². The van der Waals surface area contributed by atoms with Crippen molar-refractivity contribution in [1.82, 2.24) is 25.0 Å². The third kappa shape index (κ3) is 4.22. The molecule has 2 heterocycles. The maximum absolute atomic E-state index is 4.31. The van der Waals surface area contributed by atoms with Crippen molar-refractivity contribution in [3.8, 4) is 0 Å². The van der Waals surface area contributed by atoms with Crippen molar-refractivity contribution in [2.24, 2.45) is 0 Å². The van der Waals surface area contributed by atoms with Crippen molar-refractivity contribution >= 4 is 0 Å². The van der Waals surface area contributed by atoms with Crippen molar-refractivity contribution in [3.05, 3.63) is 48.0 Å². The minimum atomic E-state index is 0.237. The Balaban J connectivity index is 1.49. The van der Waals surface area contributed by atoms with Crippen LogP contribution in [0.25, 0.3) is 0 Å². The molecule has 0 radical (unpaired) electrons. The Morgan fingerprint density at radius 1 is 1.12 bits per heavy atom. The summed E-state index contributed by atoms with van der Waals surface area (Å²) in [5.41, 5.74) is 1.40. The first-order chi connectivity index (χ1) is 11.6. The maximum atomic E-state index is 4.31. The third-order valence-electron chi connectivity index (χ3n) is 4.87. The van der Waals surface area contributed by atoms with Crippen LogP contribution in [-0.4, -0.2) is 38.8 Å². The van der Waals surface area contributed by atoms with E-state index in [2.05, 4.69) is 76.1 Å². The fraction of sp³-hybridized carbons (Fsp3) is 0.579. The first-order valence-corrected chi connectivity index (χ1v) is 9.05. The van der Waals surface area contributed by atoms with Crippen LogP contribution in [0.15, 0.2) is 36.7 Å². The Bertz CT molecular complexity index is 614. The number of aromatic nitrogens is 3. The van der Waals surface area contributed by atoms with Crippen molar-refractivity contribution in [3.63, 3.8) is 0 Å². The van der Waals surface area contributed by atoms with Crippen LogP contribution in [0.4, 0.5) is 0 Å². The highest BCUT2D eigenvalue weighted by Gasteiger charge is 2.23. The van der Waals surface area contributed by atoms with Gasteiger partial charge in [-0.2, -0.15) is 0 Å². The van der Waals surface area contributed by atoms with Crippen LogP contribution >= 0.6 is 0 Å². The largest absolute Gasteiger partial charge is 0.314 e. The predicted octanol–water partition coefficient (Wildman–Crippen LogP) is 3.17. The van der Waals surface area contributed by atoms with Gasteiger partial charge in [0.2, 0.25) is 0 Å². The van der Waals surface area contributed by atoms with Crippen LogP contribution in [0, 0.1) is 0 Å². The first-order valence-electron chi connectivity index (χ1n) is 9.05. The predicted molar refractivity (Wildman–Crippen MR) is 96.7 cm³/mol. The summed E-state index contributed by atoms with van der Waals surface area (Å²) in [6, 6.07) is 11.9. The Hall–Kier alpha value is -1.72. The highest BCUT2D eigenvalue weighted by molar-refractivity contribution is 5.14. The molecule has 1 atom stereocenters. The zero-order chi connectivity index (χ0) is 16.9. The summed E-state index contributed by atoms with van der Waals surface area (Å²) in [5, 5.41) is 12.1. The van der Waals surface area contributed by atoms with Crippen LogP contribution in [0.2, 0.25) is 0 Å². The van der Waals surface area contributed by atoms with E-state index < -0.39 is 0 Å².